The highest BCUT2D eigenvalue weighted by molar-refractivity contribution is 7.92. The molecule has 0 radical (unpaired) electrons. The fourth-order valence-corrected chi connectivity index (χ4v) is 6.36. The maximum atomic E-state index is 13.5. The number of aliphatic hydroxyl groups excluding tert-OH is 1. The van der Waals surface area contributed by atoms with E-state index in [1.54, 1.807) is 36.1 Å². The molecule has 4 rings (SSSR count). The molecule has 1 amide bonds. The van der Waals surface area contributed by atoms with Gasteiger partial charge in [-0.3, -0.25) is 14.4 Å². The number of halogens is 3. The molecule has 1 aliphatic rings. The summed E-state index contributed by atoms with van der Waals surface area (Å²) in [6.07, 6.45) is -0.346. The zero-order chi connectivity index (χ0) is 30.6. The first kappa shape index (κ1) is 32.4. The van der Waals surface area contributed by atoms with E-state index in [0.29, 0.717) is 51.7 Å². The summed E-state index contributed by atoms with van der Waals surface area (Å²) in [6.45, 7) is 5.14. The number of carbonyl (C=O) groups is 1. The number of aliphatic hydroxyl groups is 1. The van der Waals surface area contributed by atoms with Crippen LogP contribution in [0.1, 0.15) is 25.0 Å². The number of amides is 1. The number of anilines is 1. The Morgan fingerprint density at radius 1 is 1.07 bits per heavy atom. The molecule has 0 aromatic heterocycles. The summed E-state index contributed by atoms with van der Waals surface area (Å²) < 4.78 is 35.1. The van der Waals surface area contributed by atoms with Crippen LogP contribution in [0, 0.1) is 5.92 Å². The van der Waals surface area contributed by atoms with Crippen molar-refractivity contribution in [2.24, 2.45) is 5.92 Å². The molecular weight excluding hydrogens is 621 g/mol. The van der Waals surface area contributed by atoms with Gasteiger partial charge >= 0.3 is 0 Å². The number of carbonyl (C=O) groups excluding carboxylic acids is 1. The van der Waals surface area contributed by atoms with Crippen LogP contribution in [0.5, 0.6) is 5.75 Å². The molecule has 1 aliphatic heterocycles. The van der Waals surface area contributed by atoms with Gasteiger partial charge in [-0.15, -0.1) is 0 Å². The molecule has 3 aromatic carbocycles. The van der Waals surface area contributed by atoms with Crippen molar-refractivity contribution in [3.63, 3.8) is 0 Å². The SMILES string of the molecule is C[C@@H]1CN([C@H](C)CO)C(=O)Cc2cc(NS(=O)(=O)c3ccc(Cl)cc3)ccc2O[C@H]1CN(C)Cc1ccc(Cl)c(Cl)c1. The number of fused-ring (bicyclic) bond motifs is 1. The smallest absolute Gasteiger partial charge is 0.261 e. The van der Waals surface area contributed by atoms with Crippen molar-refractivity contribution < 1.29 is 23.1 Å². The number of hydrogen-bond acceptors (Lipinski definition) is 6. The third-order valence-electron chi connectivity index (χ3n) is 7.22. The van der Waals surface area contributed by atoms with Crippen LogP contribution in [-0.4, -0.2) is 68.1 Å². The van der Waals surface area contributed by atoms with E-state index in [0.717, 1.165) is 5.56 Å². The van der Waals surface area contributed by atoms with Crippen molar-refractivity contribution in [2.75, 3.05) is 31.5 Å². The van der Waals surface area contributed by atoms with Crippen LogP contribution in [0.3, 0.4) is 0 Å². The lowest BCUT2D eigenvalue weighted by molar-refractivity contribution is -0.134. The summed E-state index contributed by atoms with van der Waals surface area (Å²) in [5.74, 6) is 0.222. The van der Waals surface area contributed by atoms with Gasteiger partial charge in [-0.25, -0.2) is 8.42 Å². The van der Waals surface area contributed by atoms with Gasteiger partial charge in [0.05, 0.1) is 34.0 Å². The van der Waals surface area contributed by atoms with E-state index < -0.39 is 16.1 Å². The zero-order valence-electron chi connectivity index (χ0n) is 23.6. The van der Waals surface area contributed by atoms with Crippen molar-refractivity contribution in [1.82, 2.24) is 9.80 Å². The van der Waals surface area contributed by atoms with Gasteiger partial charge < -0.3 is 14.7 Å². The zero-order valence-corrected chi connectivity index (χ0v) is 26.6. The maximum absolute atomic E-state index is 13.5. The highest BCUT2D eigenvalue weighted by atomic mass is 35.5. The molecule has 12 heteroatoms. The van der Waals surface area contributed by atoms with E-state index in [1.165, 1.54) is 24.3 Å². The number of nitrogens with one attached hydrogen (secondary N) is 1. The van der Waals surface area contributed by atoms with Crippen LogP contribution < -0.4 is 9.46 Å². The van der Waals surface area contributed by atoms with E-state index in [-0.39, 0.29) is 35.9 Å². The Bertz CT molecular complexity index is 1520. The number of ether oxygens (including phenoxy) is 1. The molecule has 1 heterocycles. The fraction of sp³-hybridized carbons (Fsp3) is 0.367. The third-order valence-corrected chi connectivity index (χ3v) is 9.61. The predicted molar refractivity (Wildman–Crippen MR) is 167 cm³/mol. The second-order valence-corrected chi connectivity index (χ2v) is 13.6. The van der Waals surface area contributed by atoms with Gasteiger partial charge in [0.1, 0.15) is 11.9 Å². The van der Waals surface area contributed by atoms with Gasteiger partial charge in [0.25, 0.3) is 10.0 Å². The molecule has 226 valence electrons. The molecule has 0 bridgehead atoms. The molecule has 3 aromatic rings. The van der Waals surface area contributed by atoms with Gasteiger partial charge in [-0.1, -0.05) is 47.8 Å². The quantitative estimate of drug-likeness (QED) is 0.306. The van der Waals surface area contributed by atoms with Crippen molar-refractivity contribution in [3.8, 4) is 5.75 Å². The Morgan fingerprint density at radius 3 is 2.45 bits per heavy atom. The van der Waals surface area contributed by atoms with Crippen LogP contribution in [0.25, 0.3) is 0 Å². The Hall–Kier alpha value is -2.53. The predicted octanol–water partition coefficient (Wildman–Crippen LogP) is 5.73. The lowest BCUT2D eigenvalue weighted by atomic mass is 10.0. The summed E-state index contributed by atoms with van der Waals surface area (Å²) in [5, 5.41) is 11.3. The van der Waals surface area contributed by atoms with Crippen molar-refractivity contribution >= 4 is 56.4 Å². The summed E-state index contributed by atoms with van der Waals surface area (Å²) in [6, 6.07) is 15.9. The standard InChI is InChI=1S/C30H34Cl3N3O5S/c1-19-15-36(20(2)18-37)30(38)14-22-13-24(34-42(39,40)25-8-5-23(31)6-9-25)7-11-28(22)41-29(19)17-35(3)16-21-4-10-26(32)27(33)12-21/h4-13,19-20,29,34,37H,14-18H2,1-3H3/t19-,20-,29+/m1/s1. The van der Waals surface area contributed by atoms with Gasteiger partial charge in [0.15, 0.2) is 0 Å². The number of likely N-dealkylation sites (N-methyl/N-ethyl adjacent to an activating group) is 1. The van der Waals surface area contributed by atoms with Gasteiger partial charge in [-0.2, -0.15) is 0 Å². The molecule has 0 saturated heterocycles. The minimum Gasteiger partial charge on any atom is -0.488 e. The highest BCUT2D eigenvalue weighted by Gasteiger charge is 2.31. The van der Waals surface area contributed by atoms with Gasteiger partial charge in [0, 0.05) is 41.8 Å². The second kappa shape index (κ2) is 13.8. The number of rotatable bonds is 9. The number of hydrogen-bond donors (Lipinski definition) is 2. The largest absolute Gasteiger partial charge is 0.488 e. The van der Waals surface area contributed by atoms with Crippen LogP contribution in [0.2, 0.25) is 15.1 Å². The van der Waals surface area contributed by atoms with E-state index in [1.807, 2.05) is 26.1 Å². The third kappa shape index (κ3) is 8.09. The van der Waals surface area contributed by atoms with Crippen LogP contribution in [-0.2, 0) is 27.8 Å². The van der Waals surface area contributed by atoms with E-state index in [9.17, 15) is 18.3 Å². The minimum absolute atomic E-state index is 0.0191. The molecule has 2 N–H and O–H groups in total. The van der Waals surface area contributed by atoms with Crippen LogP contribution in [0.4, 0.5) is 5.69 Å². The van der Waals surface area contributed by atoms with Gasteiger partial charge in [0.2, 0.25) is 5.91 Å². The lowest BCUT2D eigenvalue weighted by Gasteiger charge is -2.34. The Balaban J connectivity index is 1.62. The molecule has 0 saturated carbocycles. The first-order valence-corrected chi connectivity index (χ1v) is 16.1. The monoisotopic (exact) mass is 653 g/mol. The molecular formula is C30H34Cl3N3O5S. The summed E-state index contributed by atoms with van der Waals surface area (Å²) in [4.78, 5) is 17.3. The van der Waals surface area contributed by atoms with Crippen molar-refractivity contribution in [2.45, 2.75) is 43.9 Å². The Kier molecular flexibility index (Phi) is 10.7. The normalized spacial score (nSPS) is 18.5. The molecule has 42 heavy (non-hydrogen) atoms. The molecule has 0 aliphatic carbocycles. The highest BCUT2D eigenvalue weighted by Crippen LogP contribution is 2.31. The van der Waals surface area contributed by atoms with Crippen LogP contribution in [0.15, 0.2) is 65.6 Å². The average Bonchev–Trinajstić information content (AvgIpc) is 2.98. The Labute approximate surface area is 262 Å². The van der Waals surface area contributed by atoms with E-state index >= 15 is 0 Å². The van der Waals surface area contributed by atoms with E-state index in [4.69, 9.17) is 39.5 Å². The van der Waals surface area contributed by atoms with Crippen molar-refractivity contribution in [1.29, 1.82) is 0 Å². The summed E-state index contributed by atoms with van der Waals surface area (Å²) in [7, 11) is -1.92. The summed E-state index contributed by atoms with van der Waals surface area (Å²) >= 11 is 18.2. The molecule has 8 nitrogen and oxygen atoms in total. The average molecular weight is 655 g/mol. The molecule has 0 unspecified atom stereocenters. The maximum Gasteiger partial charge on any atom is 0.261 e. The number of nitrogens with zero attached hydrogens (tertiary/aromatic N) is 2. The fourth-order valence-electron chi connectivity index (χ4n) is 4.86. The Morgan fingerprint density at radius 2 is 1.79 bits per heavy atom. The number of sulfonamides is 1. The van der Waals surface area contributed by atoms with E-state index in [2.05, 4.69) is 9.62 Å². The van der Waals surface area contributed by atoms with Crippen molar-refractivity contribution in [3.05, 3.63) is 86.9 Å². The molecule has 3 atom stereocenters. The van der Waals surface area contributed by atoms with Crippen LogP contribution >= 0.6 is 34.8 Å². The minimum atomic E-state index is -3.90. The topological polar surface area (TPSA) is 99.2 Å². The first-order valence-electron chi connectivity index (χ1n) is 13.5. The first-order chi connectivity index (χ1) is 19.9. The summed E-state index contributed by atoms with van der Waals surface area (Å²) in [5.41, 5.74) is 1.83. The van der Waals surface area contributed by atoms with Gasteiger partial charge in [-0.05, 0) is 74.1 Å². The second-order valence-electron chi connectivity index (χ2n) is 10.7. The molecule has 0 fully saturated rings. The number of benzene rings is 3. The molecule has 0 spiro atoms. The lowest BCUT2D eigenvalue weighted by Crippen LogP contribution is -2.47.